The van der Waals surface area contributed by atoms with Crippen LogP contribution in [0.3, 0.4) is 0 Å². The van der Waals surface area contributed by atoms with Crippen molar-refractivity contribution < 1.29 is 9.21 Å². The lowest BCUT2D eigenvalue weighted by molar-refractivity contribution is 0.0925. The molecule has 0 aromatic carbocycles. The number of nitrogens with one attached hydrogen (secondary N) is 1. The first-order chi connectivity index (χ1) is 9.20. The van der Waals surface area contributed by atoms with Crippen LogP contribution in [0.15, 0.2) is 22.9 Å². The number of aryl methyl sites for hydroxylation is 1. The van der Waals surface area contributed by atoms with Gasteiger partial charge in [-0.15, -0.1) is 0 Å². The number of rotatable bonds is 6. The molecule has 0 aliphatic heterocycles. The number of hydrogen-bond donors (Lipinski definition) is 1. The molecule has 0 atom stereocenters. The van der Waals surface area contributed by atoms with Crippen molar-refractivity contribution in [3.8, 4) is 0 Å². The van der Waals surface area contributed by atoms with Gasteiger partial charge in [0.15, 0.2) is 5.76 Å². The summed E-state index contributed by atoms with van der Waals surface area (Å²) in [5.41, 5.74) is 0. The van der Waals surface area contributed by atoms with Crippen molar-refractivity contribution in [2.75, 3.05) is 12.8 Å². The van der Waals surface area contributed by atoms with E-state index in [4.69, 9.17) is 4.42 Å². The zero-order valence-corrected chi connectivity index (χ0v) is 11.7. The maximum atomic E-state index is 11.8. The van der Waals surface area contributed by atoms with Gasteiger partial charge in [0, 0.05) is 20.0 Å². The van der Waals surface area contributed by atoms with Gasteiger partial charge in [-0.3, -0.25) is 9.48 Å². The molecule has 0 saturated heterocycles. The molecule has 2 rings (SSSR count). The summed E-state index contributed by atoms with van der Waals surface area (Å²) < 4.78 is 7.12. The average Bonchev–Trinajstić information content (AvgIpc) is 3.00. The fraction of sp³-hybridized carbons (Fsp3) is 0.417. The molecule has 1 amide bonds. The number of nitrogens with zero attached hydrogens (tertiary/aromatic N) is 3. The fourth-order valence-corrected chi connectivity index (χ4v) is 2.08. The minimum Gasteiger partial charge on any atom is -0.455 e. The van der Waals surface area contributed by atoms with Crippen LogP contribution in [0.1, 0.15) is 22.1 Å². The van der Waals surface area contributed by atoms with Crippen LogP contribution in [0.5, 0.6) is 0 Å². The second-order valence-corrected chi connectivity index (χ2v) is 4.87. The van der Waals surface area contributed by atoms with Crippen LogP contribution in [0.4, 0.5) is 0 Å². The highest BCUT2D eigenvalue weighted by Crippen LogP contribution is 2.13. The Morgan fingerprint density at radius 2 is 2.37 bits per heavy atom. The fourth-order valence-electron chi connectivity index (χ4n) is 1.64. The maximum absolute atomic E-state index is 11.8. The number of thioether (sulfide) groups is 1. The summed E-state index contributed by atoms with van der Waals surface area (Å²) in [6.07, 6.45) is 4.13. The van der Waals surface area contributed by atoms with Crippen LogP contribution in [0.2, 0.25) is 0 Å². The largest absolute Gasteiger partial charge is 0.455 e. The molecule has 0 aliphatic rings. The number of carbonyl (C=O) groups is 1. The molecule has 0 fully saturated rings. The summed E-state index contributed by atoms with van der Waals surface area (Å²) in [7, 11) is 1.82. The van der Waals surface area contributed by atoms with Gasteiger partial charge < -0.3 is 9.73 Å². The highest BCUT2D eigenvalue weighted by Gasteiger charge is 2.10. The second-order valence-electron chi connectivity index (χ2n) is 4.00. The highest BCUT2D eigenvalue weighted by atomic mass is 32.2. The third kappa shape index (κ3) is 3.60. The average molecular weight is 280 g/mol. The summed E-state index contributed by atoms with van der Waals surface area (Å²) in [4.78, 5) is 15.9. The normalized spacial score (nSPS) is 10.6. The lowest BCUT2D eigenvalue weighted by Gasteiger charge is -2.02. The van der Waals surface area contributed by atoms with Gasteiger partial charge in [0.05, 0.1) is 5.75 Å². The van der Waals surface area contributed by atoms with Crippen LogP contribution in [0, 0.1) is 0 Å². The summed E-state index contributed by atoms with van der Waals surface area (Å²) in [5, 5.41) is 6.77. The van der Waals surface area contributed by atoms with E-state index in [0.29, 0.717) is 18.7 Å². The highest BCUT2D eigenvalue weighted by molar-refractivity contribution is 7.97. The van der Waals surface area contributed by atoms with Crippen molar-refractivity contribution in [2.24, 2.45) is 7.05 Å². The van der Waals surface area contributed by atoms with E-state index in [1.807, 2.05) is 19.4 Å². The van der Waals surface area contributed by atoms with Gasteiger partial charge in [-0.25, -0.2) is 4.98 Å². The van der Waals surface area contributed by atoms with E-state index in [1.54, 1.807) is 22.5 Å². The SMILES string of the molecule is CSCc1ccc(C(=O)NCCc2ncnn2C)o1. The van der Waals surface area contributed by atoms with E-state index < -0.39 is 0 Å². The van der Waals surface area contributed by atoms with E-state index in [9.17, 15) is 4.79 Å². The topological polar surface area (TPSA) is 73.0 Å². The molecule has 19 heavy (non-hydrogen) atoms. The Bertz CT molecular complexity index is 549. The van der Waals surface area contributed by atoms with Crippen LogP contribution in [0.25, 0.3) is 0 Å². The van der Waals surface area contributed by atoms with Crippen molar-refractivity contribution >= 4 is 17.7 Å². The third-order valence-corrected chi connectivity index (χ3v) is 3.18. The second kappa shape index (κ2) is 6.42. The molecule has 0 bridgehead atoms. The van der Waals surface area contributed by atoms with E-state index in [2.05, 4.69) is 15.4 Å². The maximum Gasteiger partial charge on any atom is 0.287 e. The number of hydrogen-bond acceptors (Lipinski definition) is 5. The Labute approximate surface area is 115 Å². The number of carbonyl (C=O) groups excluding carboxylic acids is 1. The predicted molar refractivity (Wildman–Crippen MR) is 73.0 cm³/mol. The van der Waals surface area contributed by atoms with Crippen LogP contribution < -0.4 is 5.32 Å². The Morgan fingerprint density at radius 3 is 3.05 bits per heavy atom. The number of amides is 1. The smallest absolute Gasteiger partial charge is 0.287 e. The van der Waals surface area contributed by atoms with Crippen molar-refractivity contribution in [1.29, 1.82) is 0 Å². The van der Waals surface area contributed by atoms with Gasteiger partial charge in [-0.2, -0.15) is 16.9 Å². The summed E-state index contributed by atoms with van der Waals surface area (Å²) in [5.74, 6) is 2.57. The van der Waals surface area contributed by atoms with Gasteiger partial charge in [0.1, 0.15) is 17.9 Å². The molecular formula is C12H16N4O2S. The minimum absolute atomic E-state index is 0.200. The van der Waals surface area contributed by atoms with Crippen molar-refractivity contribution in [1.82, 2.24) is 20.1 Å². The Morgan fingerprint density at radius 1 is 1.53 bits per heavy atom. The molecule has 2 heterocycles. The lowest BCUT2D eigenvalue weighted by atomic mass is 10.3. The molecule has 7 heteroatoms. The zero-order chi connectivity index (χ0) is 13.7. The molecule has 2 aromatic rings. The standard InChI is InChI=1S/C12H16N4O2S/c1-16-11(14-8-15-16)5-6-13-12(17)10-4-3-9(18-10)7-19-2/h3-4,8H,5-7H2,1-2H3,(H,13,17). The van der Waals surface area contributed by atoms with Crippen LogP contribution in [-0.2, 0) is 19.2 Å². The minimum atomic E-state index is -0.200. The van der Waals surface area contributed by atoms with Gasteiger partial charge in [0.2, 0.25) is 0 Å². The molecule has 102 valence electrons. The molecule has 0 unspecified atom stereocenters. The van der Waals surface area contributed by atoms with Crippen molar-refractivity contribution in [2.45, 2.75) is 12.2 Å². The van der Waals surface area contributed by atoms with Crippen molar-refractivity contribution in [3.63, 3.8) is 0 Å². The first kappa shape index (κ1) is 13.7. The summed E-state index contributed by atoms with van der Waals surface area (Å²) in [6, 6.07) is 3.53. The zero-order valence-electron chi connectivity index (χ0n) is 10.9. The van der Waals surface area contributed by atoms with Gasteiger partial charge >= 0.3 is 0 Å². The summed E-state index contributed by atoms with van der Waals surface area (Å²) >= 11 is 1.65. The monoisotopic (exact) mass is 280 g/mol. The van der Waals surface area contributed by atoms with Crippen molar-refractivity contribution in [3.05, 3.63) is 35.8 Å². The molecule has 0 saturated carbocycles. The van der Waals surface area contributed by atoms with E-state index in [1.165, 1.54) is 6.33 Å². The Hall–Kier alpha value is -1.76. The van der Waals surface area contributed by atoms with Gasteiger partial charge in [-0.1, -0.05) is 0 Å². The lowest BCUT2D eigenvalue weighted by Crippen LogP contribution is -2.26. The molecular weight excluding hydrogens is 264 g/mol. The van der Waals surface area contributed by atoms with Crippen LogP contribution >= 0.6 is 11.8 Å². The van der Waals surface area contributed by atoms with Crippen LogP contribution in [-0.4, -0.2) is 33.5 Å². The Kier molecular flexibility index (Phi) is 4.62. The van der Waals surface area contributed by atoms with Gasteiger partial charge in [-0.05, 0) is 18.4 Å². The third-order valence-electron chi connectivity index (χ3n) is 2.61. The molecule has 0 aliphatic carbocycles. The van der Waals surface area contributed by atoms with E-state index >= 15 is 0 Å². The van der Waals surface area contributed by atoms with E-state index in [0.717, 1.165) is 17.3 Å². The first-order valence-electron chi connectivity index (χ1n) is 5.89. The molecule has 0 radical (unpaired) electrons. The predicted octanol–water partition coefficient (Wildman–Crippen LogP) is 1.24. The molecule has 1 N–H and O–H groups in total. The Balaban J connectivity index is 1.82. The number of aromatic nitrogens is 3. The first-order valence-corrected chi connectivity index (χ1v) is 7.29. The molecule has 0 spiro atoms. The van der Waals surface area contributed by atoms with Gasteiger partial charge in [0.25, 0.3) is 5.91 Å². The molecule has 2 aromatic heterocycles. The number of furan rings is 1. The van der Waals surface area contributed by atoms with E-state index in [-0.39, 0.29) is 5.91 Å². The summed E-state index contributed by atoms with van der Waals surface area (Å²) in [6.45, 7) is 0.504. The molecule has 6 nitrogen and oxygen atoms in total. The quantitative estimate of drug-likeness (QED) is 0.862.